The van der Waals surface area contributed by atoms with Gasteiger partial charge in [-0.25, -0.2) is 0 Å². The van der Waals surface area contributed by atoms with Gasteiger partial charge in [-0.1, -0.05) is 54.6 Å². The van der Waals surface area contributed by atoms with Gasteiger partial charge in [0.25, 0.3) is 0 Å². The molecule has 1 atom stereocenters. The fourth-order valence-electron chi connectivity index (χ4n) is 4.22. The van der Waals surface area contributed by atoms with Crippen LogP contribution in [0.25, 0.3) is 0 Å². The monoisotopic (exact) mass is 507 g/mol. The molecule has 3 aromatic rings. The van der Waals surface area contributed by atoms with Gasteiger partial charge in [-0.05, 0) is 57.5 Å². The Balaban J connectivity index is 0.000000366. The van der Waals surface area contributed by atoms with Gasteiger partial charge < -0.3 is 14.8 Å². The Morgan fingerprint density at radius 3 is 2.26 bits per heavy atom. The molecule has 1 unspecified atom stereocenters. The van der Waals surface area contributed by atoms with E-state index in [1.807, 2.05) is 52.1 Å². The fourth-order valence-corrected chi connectivity index (χ4v) is 4.22. The van der Waals surface area contributed by atoms with E-state index < -0.39 is 17.3 Å². The van der Waals surface area contributed by atoms with Crippen LogP contribution in [0.5, 0.6) is 11.5 Å². The Labute approximate surface area is 212 Å². The zero-order chi connectivity index (χ0) is 24.8. The van der Waals surface area contributed by atoms with Crippen molar-refractivity contribution in [1.29, 1.82) is 0 Å². The maximum Gasteiger partial charge on any atom is 0.416 e. The minimum atomic E-state index is -4.38. The van der Waals surface area contributed by atoms with Crippen LogP contribution in [0.3, 0.4) is 0 Å². The molecule has 7 heteroatoms. The lowest BCUT2D eigenvalue weighted by molar-refractivity contribution is -0.138. The molecule has 0 spiro atoms. The second-order valence-corrected chi connectivity index (χ2v) is 8.85. The van der Waals surface area contributed by atoms with Gasteiger partial charge in [0, 0.05) is 24.1 Å². The lowest BCUT2D eigenvalue weighted by Crippen LogP contribution is -2.35. The van der Waals surface area contributed by atoms with Crippen LogP contribution in [0.15, 0.2) is 72.8 Å². The van der Waals surface area contributed by atoms with E-state index in [4.69, 9.17) is 9.47 Å². The highest BCUT2D eigenvalue weighted by Gasteiger charge is 2.40. The highest BCUT2D eigenvalue weighted by atomic mass is 35.5. The predicted molar refractivity (Wildman–Crippen MR) is 137 cm³/mol. The molecule has 0 aliphatic carbocycles. The van der Waals surface area contributed by atoms with Crippen molar-refractivity contribution in [1.82, 2.24) is 5.32 Å². The van der Waals surface area contributed by atoms with Crippen molar-refractivity contribution < 1.29 is 22.6 Å². The first-order valence-corrected chi connectivity index (χ1v) is 11.4. The normalized spacial score (nSPS) is 16.0. The molecule has 0 fully saturated rings. The van der Waals surface area contributed by atoms with Crippen molar-refractivity contribution in [3.05, 3.63) is 95.1 Å². The summed E-state index contributed by atoms with van der Waals surface area (Å²) in [6, 6.07) is 21.5. The largest absolute Gasteiger partial charge is 0.494 e. The summed E-state index contributed by atoms with van der Waals surface area (Å²) >= 11 is 0. The second-order valence-electron chi connectivity index (χ2n) is 8.85. The van der Waals surface area contributed by atoms with Crippen molar-refractivity contribution >= 4 is 12.4 Å². The molecule has 3 aromatic carbocycles. The number of ether oxygens (including phenoxy) is 2. The minimum absolute atomic E-state index is 0. The van der Waals surface area contributed by atoms with Gasteiger partial charge in [-0.15, -0.1) is 12.4 Å². The summed E-state index contributed by atoms with van der Waals surface area (Å²) in [7, 11) is 1.95. The lowest BCUT2D eigenvalue weighted by atomic mass is 9.78. The summed E-state index contributed by atoms with van der Waals surface area (Å²) in [6.45, 7) is 7.15. The average Bonchev–Trinajstić information content (AvgIpc) is 2.79. The molecule has 1 N–H and O–H groups in total. The van der Waals surface area contributed by atoms with E-state index in [0.717, 1.165) is 18.2 Å². The van der Waals surface area contributed by atoms with Crippen LogP contribution in [-0.2, 0) is 12.7 Å². The van der Waals surface area contributed by atoms with Crippen LogP contribution < -0.4 is 14.8 Å². The van der Waals surface area contributed by atoms with E-state index in [2.05, 4.69) is 17.4 Å². The van der Waals surface area contributed by atoms with Crippen LogP contribution in [0.4, 0.5) is 13.2 Å². The molecule has 3 nitrogen and oxygen atoms in total. The van der Waals surface area contributed by atoms with Gasteiger partial charge in [-0.3, -0.25) is 0 Å². The number of hydrogen-bond donors (Lipinski definition) is 1. The minimum Gasteiger partial charge on any atom is -0.494 e. The van der Waals surface area contributed by atoms with Crippen molar-refractivity contribution in [2.45, 2.75) is 51.4 Å². The third-order valence-corrected chi connectivity index (χ3v) is 5.62. The Hall–Kier alpha value is -2.70. The first kappa shape index (κ1) is 28.5. The molecule has 0 bridgehead atoms. The maximum atomic E-state index is 13.5. The highest BCUT2D eigenvalue weighted by molar-refractivity contribution is 5.85. The van der Waals surface area contributed by atoms with E-state index in [1.54, 1.807) is 24.3 Å². The number of benzene rings is 3. The number of hydrogen-bond acceptors (Lipinski definition) is 3. The van der Waals surface area contributed by atoms with Crippen LogP contribution in [-0.4, -0.2) is 19.3 Å². The van der Waals surface area contributed by atoms with E-state index in [1.165, 1.54) is 11.6 Å². The molecule has 0 aromatic heterocycles. The summed E-state index contributed by atoms with van der Waals surface area (Å²) in [5.41, 5.74) is 1.23. The Morgan fingerprint density at radius 2 is 1.63 bits per heavy atom. The zero-order valence-electron chi connectivity index (χ0n) is 20.5. The highest BCUT2D eigenvalue weighted by Crippen LogP contribution is 2.48. The summed E-state index contributed by atoms with van der Waals surface area (Å²) in [5, 5.41) is 3.08. The standard InChI is InChI=1S/C20H21F3O2.C8H11N.ClH/c1-4-24-13-9-10-15-16(12-19(2,3)25-18(15)11-13)14-7-5-6-8-17(14)20(21,22)23;1-9-7-8-5-3-2-4-6-8;/h5-11,16H,4,12H2,1-3H3;2-6,9H,7H2,1H3;1H. The molecule has 0 amide bonds. The van der Waals surface area contributed by atoms with Gasteiger partial charge in [0.05, 0.1) is 12.2 Å². The molecule has 4 rings (SSSR count). The van der Waals surface area contributed by atoms with Crippen LogP contribution >= 0.6 is 12.4 Å². The summed E-state index contributed by atoms with van der Waals surface area (Å²) < 4.78 is 52.0. The van der Waals surface area contributed by atoms with Crippen molar-refractivity contribution in [2.24, 2.45) is 0 Å². The molecular weight excluding hydrogens is 475 g/mol. The third kappa shape index (κ3) is 7.64. The van der Waals surface area contributed by atoms with Gasteiger partial charge in [-0.2, -0.15) is 13.2 Å². The smallest absolute Gasteiger partial charge is 0.416 e. The molecule has 0 radical (unpaired) electrons. The molecule has 1 aliphatic rings. The van der Waals surface area contributed by atoms with E-state index >= 15 is 0 Å². The first-order valence-electron chi connectivity index (χ1n) is 11.4. The Kier molecular flexibility index (Phi) is 10.0. The van der Waals surface area contributed by atoms with Gasteiger partial charge in [0.2, 0.25) is 0 Å². The number of halogens is 4. The summed E-state index contributed by atoms with van der Waals surface area (Å²) in [4.78, 5) is 0. The molecular formula is C28H33ClF3NO2. The number of rotatable bonds is 5. The van der Waals surface area contributed by atoms with Crippen LogP contribution in [0.2, 0.25) is 0 Å². The van der Waals surface area contributed by atoms with E-state index in [0.29, 0.717) is 24.5 Å². The van der Waals surface area contributed by atoms with Crippen LogP contribution in [0.1, 0.15) is 55.4 Å². The number of fused-ring (bicyclic) bond motifs is 1. The second kappa shape index (κ2) is 12.3. The quantitative estimate of drug-likeness (QED) is 0.385. The SMILES string of the molecule is CCOc1ccc2c(c1)OC(C)(C)CC2c1ccccc1C(F)(F)F.CNCc1ccccc1.Cl. The molecule has 190 valence electrons. The Morgan fingerprint density at radius 1 is 0.971 bits per heavy atom. The molecule has 0 saturated carbocycles. The topological polar surface area (TPSA) is 30.5 Å². The van der Waals surface area contributed by atoms with Crippen molar-refractivity contribution in [3.8, 4) is 11.5 Å². The lowest BCUT2D eigenvalue weighted by Gasteiger charge is -2.38. The van der Waals surface area contributed by atoms with Gasteiger partial charge in [0.15, 0.2) is 0 Å². The summed E-state index contributed by atoms with van der Waals surface area (Å²) in [5.74, 6) is 0.859. The first-order chi connectivity index (χ1) is 16.1. The van der Waals surface area contributed by atoms with Crippen molar-refractivity contribution in [3.63, 3.8) is 0 Å². The Bertz CT molecular complexity index is 1070. The molecule has 0 saturated heterocycles. The van der Waals surface area contributed by atoms with E-state index in [-0.39, 0.29) is 23.9 Å². The molecule has 35 heavy (non-hydrogen) atoms. The molecule has 1 aliphatic heterocycles. The van der Waals surface area contributed by atoms with Crippen molar-refractivity contribution in [2.75, 3.05) is 13.7 Å². The van der Waals surface area contributed by atoms with Gasteiger partial charge in [0.1, 0.15) is 17.1 Å². The maximum absolute atomic E-state index is 13.5. The van der Waals surface area contributed by atoms with E-state index in [9.17, 15) is 13.2 Å². The fraction of sp³-hybridized carbons (Fsp3) is 0.357. The zero-order valence-corrected chi connectivity index (χ0v) is 21.3. The molecule has 1 heterocycles. The van der Waals surface area contributed by atoms with Gasteiger partial charge >= 0.3 is 6.18 Å². The third-order valence-electron chi connectivity index (χ3n) is 5.62. The number of nitrogens with one attached hydrogen (secondary N) is 1. The average molecular weight is 508 g/mol. The van der Waals surface area contributed by atoms with Crippen LogP contribution in [0, 0.1) is 0 Å². The number of alkyl halides is 3. The predicted octanol–water partition coefficient (Wildman–Crippen LogP) is 7.62. The summed E-state index contributed by atoms with van der Waals surface area (Å²) in [6.07, 6.45) is -3.91.